The van der Waals surface area contributed by atoms with Crippen LogP contribution in [0.2, 0.25) is 0 Å². The second kappa shape index (κ2) is 4.82. The first-order valence-electron chi connectivity index (χ1n) is 4.88. The first-order valence-corrected chi connectivity index (χ1v) is 4.88. The number of hydrogen-bond acceptors (Lipinski definition) is 6. The van der Waals surface area contributed by atoms with Crippen LogP contribution in [0, 0.1) is 0 Å². The van der Waals surface area contributed by atoms with Crippen LogP contribution in [0.3, 0.4) is 0 Å². The molecular weight excluding hydrogens is 208 g/mol. The zero-order chi connectivity index (χ0) is 11.4. The van der Waals surface area contributed by atoms with Crippen LogP contribution < -0.4 is 5.73 Å². The zero-order valence-corrected chi connectivity index (χ0v) is 8.58. The van der Waals surface area contributed by atoms with Crippen molar-refractivity contribution in [2.45, 2.75) is 12.5 Å². The molecule has 2 aromatic rings. The molecule has 0 amide bonds. The third kappa shape index (κ3) is 2.41. The summed E-state index contributed by atoms with van der Waals surface area (Å²) in [5.74, 6) is 0.756. The predicted octanol–water partition coefficient (Wildman–Crippen LogP) is 0.0475. The highest BCUT2D eigenvalue weighted by molar-refractivity contribution is 5.09. The van der Waals surface area contributed by atoms with Crippen LogP contribution in [-0.4, -0.2) is 26.8 Å². The molecule has 2 aromatic heterocycles. The molecule has 0 unspecified atom stereocenters. The maximum atomic E-state index is 8.82. The van der Waals surface area contributed by atoms with Gasteiger partial charge in [-0.3, -0.25) is 4.98 Å². The Morgan fingerprint density at radius 2 is 2.31 bits per heavy atom. The van der Waals surface area contributed by atoms with Crippen molar-refractivity contribution < 1.29 is 9.63 Å². The van der Waals surface area contributed by atoms with Gasteiger partial charge >= 0.3 is 0 Å². The molecule has 0 saturated carbocycles. The summed E-state index contributed by atoms with van der Waals surface area (Å²) in [4.78, 5) is 8.22. The van der Waals surface area contributed by atoms with Crippen LogP contribution >= 0.6 is 0 Å². The first-order chi connectivity index (χ1) is 7.79. The van der Waals surface area contributed by atoms with Crippen molar-refractivity contribution >= 4 is 0 Å². The molecular formula is C10H12N4O2. The van der Waals surface area contributed by atoms with Crippen LogP contribution in [0.15, 0.2) is 28.9 Å². The summed E-state index contributed by atoms with van der Waals surface area (Å²) in [7, 11) is 0. The number of aliphatic hydroxyl groups excluding tert-OH is 1. The van der Waals surface area contributed by atoms with Crippen molar-refractivity contribution in [1.29, 1.82) is 0 Å². The molecule has 6 nitrogen and oxygen atoms in total. The fraction of sp³-hybridized carbons (Fsp3) is 0.300. The van der Waals surface area contributed by atoms with Crippen molar-refractivity contribution in [3.05, 3.63) is 41.8 Å². The summed E-state index contributed by atoms with van der Waals surface area (Å²) in [5.41, 5.74) is 6.39. The van der Waals surface area contributed by atoms with Crippen LogP contribution in [0.4, 0.5) is 0 Å². The number of hydrogen-bond donors (Lipinski definition) is 2. The molecule has 0 radical (unpaired) electrons. The van der Waals surface area contributed by atoms with E-state index in [-0.39, 0.29) is 12.5 Å². The normalized spacial score (nSPS) is 12.6. The van der Waals surface area contributed by atoms with Gasteiger partial charge in [0.05, 0.1) is 13.0 Å². The number of nitrogens with zero attached hydrogens (tertiary/aromatic N) is 3. The minimum atomic E-state index is -0.620. The number of aromatic nitrogens is 3. The molecule has 0 saturated heterocycles. The van der Waals surface area contributed by atoms with Gasteiger partial charge in [0.1, 0.15) is 6.04 Å². The molecule has 0 aliphatic rings. The van der Waals surface area contributed by atoms with Crippen molar-refractivity contribution in [1.82, 2.24) is 15.1 Å². The van der Waals surface area contributed by atoms with E-state index in [0.29, 0.717) is 12.2 Å². The van der Waals surface area contributed by atoms with Crippen LogP contribution in [0.1, 0.15) is 23.5 Å². The number of rotatable bonds is 4. The fourth-order valence-corrected chi connectivity index (χ4v) is 1.23. The van der Waals surface area contributed by atoms with Gasteiger partial charge < -0.3 is 15.4 Å². The van der Waals surface area contributed by atoms with Gasteiger partial charge in [-0.15, -0.1) is 0 Å². The highest BCUT2D eigenvalue weighted by Gasteiger charge is 2.13. The zero-order valence-electron chi connectivity index (χ0n) is 8.58. The Labute approximate surface area is 92.1 Å². The summed E-state index contributed by atoms with van der Waals surface area (Å²) >= 11 is 0. The molecule has 1 atom stereocenters. The van der Waals surface area contributed by atoms with Crippen molar-refractivity contribution in [2.24, 2.45) is 5.73 Å². The van der Waals surface area contributed by atoms with Gasteiger partial charge in [0.15, 0.2) is 5.82 Å². The lowest BCUT2D eigenvalue weighted by Gasteiger charge is -1.98. The summed E-state index contributed by atoms with van der Waals surface area (Å²) in [6.45, 7) is -0.217. The van der Waals surface area contributed by atoms with E-state index in [9.17, 15) is 0 Å². The second-order valence-corrected chi connectivity index (χ2v) is 3.34. The number of aliphatic hydroxyl groups is 1. The highest BCUT2D eigenvalue weighted by atomic mass is 16.5. The van der Waals surface area contributed by atoms with Crippen molar-refractivity contribution in [3.8, 4) is 0 Å². The van der Waals surface area contributed by atoms with E-state index >= 15 is 0 Å². The molecule has 16 heavy (non-hydrogen) atoms. The van der Waals surface area contributed by atoms with Crippen LogP contribution in [-0.2, 0) is 6.42 Å². The number of pyridine rings is 1. The third-order valence-electron chi connectivity index (χ3n) is 2.06. The summed E-state index contributed by atoms with van der Waals surface area (Å²) in [5, 5.41) is 12.6. The van der Waals surface area contributed by atoms with Gasteiger partial charge in [-0.2, -0.15) is 4.98 Å². The molecule has 0 aliphatic carbocycles. The SMILES string of the molecule is N[C@@H](CO)c1nc(Cc2ccccn2)no1. The van der Waals surface area contributed by atoms with Gasteiger partial charge in [-0.1, -0.05) is 11.2 Å². The van der Waals surface area contributed by atoms with Gasteiger partial charge in [0.25, 0.3) is 0 Å². The van der Waals surface area contributed by atoms with Crippen LogP contribution in [0.5, 0.6) is 0 Å². The topological polar surface area (TPSA) is 98.1 Å². The highest BCUT2D eigenvalue weighted by Crippen LogP contribution is 2.08. The summed E-state index contributed by atoms with van der Waals surface area (Å²) < 4.78 is 4.92. The molecule has 3 N–H and O–H groups in total. The molecule has 84 valence electrons. The Bertz CT molecular complexity index is 443. The van der Waals surface area contributed by atoms with Crippen molar-refractivity contribution in [3.63, 3.8) is 0 Å². The van der Waals surface area contributed by atoms with Gasteiger partial charge in [0.2, 0.25) is 5.89 Å². The average Bonchev–Trinajstić information content (AvgIpc) is 2.78. The number of nitrogens with two attached hydrogens (primary N) is 1. The molecule has 0 spiro atoms. The molecule has 2 rings (SSSR count). The Hall–Kier alpha value is -1.79. The quantitative estimate of drug-likeness (QED) is 0.755. The molecule has 0 aliphatic heterocycles. The molecule has 0 fully saturated rings. The van der Waals surface area contributed by atoms with E-state index in [1.165, 1.54) is 0 Å². The summed E-state index contributed by atoms with van der Waals surface area (Å²) in [6.07, 6.45) is 2.19. The van der Waals surface area contributed by atoms with E-state index in [1.54, 1.807) is 6.20 Å². The molecule has 6 heteroatoms. The van der Waals surface area contributed by atoms with E-state index in [4.69, 9.17) is 15.4 Å². The Morgan fingerprint density at radius 1 is 1.44 bits per heavy atom. The standard InChI is InChI=1S/C10H12N4O2/c11-8(6-15)10-13-9(14-16-10)5-7-3-1-2-4-12-7/h1-4,8,15H,5-6,11H2/t8-/m0/s1. The largest absolute Gasteiger partial charge is 0.394 e. The van der Waals surface area contributed by atoms with E-state index in [2.05, 4.69) is 15.1 Å². The lowest BCUT2D eigenvalue weighted by Crippen LogP contribution is -2.14. The monoisotopic (exact) mass is 220 g/mol. The summed E-state index contributed by atoms with van der Waals surface area (Å²) in [6, 6.07) is 4.99. The van der Waals surface area contributed by atoms with Gasteiger partial charge in [-0.05, 0) is 12.1 Å². The fourth-order valence-electron chi connectivity index (χ4n) is 1.23. The maximum Gasteiger partial charge on any atom is 0.245 e. The van der Waals surface area contributed by atoms with Gasteiger partial charge in [0, 0.05) is 11.9 Å². The lowest BCUT2D eigenvalue weighted by atomic mass is 10.2. The molecule has 0 aromatic carbocycles. The van der Waals surface area contributed by atoms with E-state index < -0.39 is 6.04 Å². The van der Waals surface area contributed by atoms with Crippen molar-refractivity contribution in [2.75, 3.05) is 6.61 Å². The Balaban J connectivity index is 2.09. The lowest BCUT2D eigenvalue weighted by molar-refractivity contribution is 0.236. The maximum absolute atomic E-state index is 8.82. The Kier molecular flexibility index (Phi) is 3.23. The first kappa shape index (κ1) is 10.7. The molecule has 2 heterocycles. The van der Waals surface area contributed by atoms with E-state index in [1.807, 2.05) is 18.2 Å². The molecule has 0 bridgehead atoms. The smallest absolute Gasteiger partial charge is 0.245 e. The predicted molar refractivity (Wildman–Crippen MR) is 55.4 cm³/mol. The van der Waals surface area contributed by atoms with Crippen LogP contribution in [0.25, 0.3) is 0 Å². The van der Waals surface area contributed by atoms with Gasteiger partial charge in [-0.25, -0.2) is 0 Å². The van der Waals surface area contributed by atoms with E-state index in [0.717, 1.165) is 5.69 Å². The Morgan fingerprint density at radius 3 is 3.00 bits per heavy atom. The average molecular weight is 220 g/mol. The third-order valence-corrected chi connectivity index (χ3v) is 2.06. The second-order valence-electron chi connectivity index (χ2n) is 3.34. The minimum Gasteiger partial charge on any atom is -0.394 e. The minimum absolute atomic E-state index is 0.217.